The van der Waals surface area contributed by atoms with Crippen molar-refractivity contribution in [2.75, 3.05) is 38.2 Å². The van der Waals surface area contributed by atoms with Crippen molar-refractivity contribution in [2.45, 2.75) is 47.2 Å². The Morgan fingerprint density at radius 3 is 2.72 bits per heavy atom. The molecule has 1 aromatic heterocycles. The Hall–Kier alpha value is -3.39. The molecule has 1 saturated heterocycles. The average Bonchev–Trinajstić information content (AvgIpc) is 3.00. The Morgan fingerprint density at radius 2 is 2.00 bits per heavy atom. The lowest BCUT2D eigenvalue weighted by Gasteiger charge is -2.30. The van der Waals surface area contributed by atoms with Crippen molar-refractivity contribution in [3.63, 3.8) is 0 Å². The van der Waals surface area contributed by atoms with Crippen LogP contribution in [-0.4, -0.2) is 54.8 Å². The van der Waals surface area contributed by atoms with E-state index in [0.29, 0.717) is 22.5 Å². The van der Waals surface area contributed by atoms with Crippen molar-refractivity contribution in [3.05, 3.63) is 52.3 Å². The SMILES string of the molecule is COc1cc(-c2nc3ccc(N4CCNCC(C)(C)C4)cc3c(=O)n2CC(=O)NC(C)C)ccc1C. The fraction of sp³-hybridized carbons (Fsp3) is 0.464. The largest absolute Gasteiger partial charge is 0.496 e. The zero-order chi connectivity index (χ0) is 26.0. The minimum absolute atomic E-state index is 0.0314. The van der Waals surface area contributed by atoms with Crippen molar-refractivity contribution in [1.82, 2.24) is 20.2 Å². The molecule has 2 heterocycles. The van der Waals surface area contributed by atoms with Gasteiger partial charge in [-0.15, -0.1) is 0 Å². The van der Waals surface area contributed by atoms with Crippen LogP contribution in [0.15, 0.2) is 41.2 Å². The third kappa shape index (κ3) is 5.54. The molecule has 2 aromatic carbocycles. The predicted molar refractivity (Wildman–Crippen MR) is 145 cm³/mol. The van der Waals surface area contributed by atoms with E-state index in [-0.39, 0.29) is 29.5 Å². The maximum atomic E-state index is 13.9. The number of ether oxygens (including phenoxy) is 1. The highest BCUT2D eigenvalue weighted by Gasteiger charge is 2.25. The Labute approximate surface area is 212 Å². The Morgan fingerprint density at radius 1 is 1.22 bits per heavy atom. The monoisotopic (exact) mass is 491 g/mol. The molecule has 2 N–H and O–H groups in total. The molecule has 4 rings (SSSR count). The summed E-state index contributed by atoms with van der Waals surface area (Å²) in [5, 5.41) is 6.89. The molecule has 0 bridgehead atoms. The first-order valence-electron chi connectivity index (χ1n) is 12.5. The van der Waals surface area contributed by atoms with Crippen LogP contribution in [0.4, 0.5) is 5.69 Å². The van der Waals surface area contributed by atoms with Gasteiger partial charge in [0.1, 0.15) is 18.1 Å². The Balaban J connectivity index is 1.86. The van der Waals surface area contributed by atoms with Gasteiger partial charge in [-0.05, 0) is 56.0 Å². The molecule has 0 spiro atoms. The van der Waals surface area contributed by atoms with Gasteiger partial charge in [0.25, 0.3) is 5.56 Å². The number of anilines is 1. The fourth-order valence-electron chi connectivity index (χ4n) is 4.76. The number of benzene rings is 2. The highest BCUT2D eigenvalue weighted by Crippen LogP contribution is 2.29. The highest BCUT2D eigenvalue weighted by atomic mass is 16.5. The maximum Gasteiger partial charge on any atom is 0.262 e. The lowest BCUT2D eigenvalue weighted by atomic mass is 9.93. The van der Waals surface area contributed by atoms with E-state index in [1.165, 1.54) is 4.57 Å². The minimum atomic E-state index is -0.234. The number of nitrogens with one attached hydrogen (secondary N) is 2. The van der Waals surface area contributed by atoms with Crippen molar-refractivity contribution in [1.29, 1.82) is 0 Å². The number of rotatable bonds is 6. The van der Waals surface area contributed by atoms with Crippen LogP contribution in [0.25, 0.3) is 22.3 Å². The summed E-state index contributed by atoms with van der Waals surface area (Å²) in [6, 6.07) is 11.5. The molecule has 1 amide bonds. The number of hydrogen-bond donors (Lipinski definition) is 2. The van der Waals surface area contributed by atoms with E-state index in [9.17, 15) is 9.59 Å². The predicted octanol–water partition coefficient (Wildman–Crippen LogP) is 3.34. The van der Waals surface area contributed by atoms with Crippen LogP contribution in [0.1, 0.15) is 33.3 Å². The molecule has 1 fully saturated rings. The van der Waals surface area contributed by atoms with Gasteiger partial charge in [-0.3, -0.25) is 14.2 Å². The molecule has 3 aromatic rings. The maximum absolute atomic E-state index is 13.9. The molecule has 0 aliphatic carbocycles. The number of aryl methyl sites for hydroxylation is 1. The zero-order valence-electron chi connectivity index (χ0n) is 22.1. The number of hydrogen-bond acceptors (Lipinski definition) is 6. The van der Waals surface area contributed by atoms with Gasteiger partial charge < -0.3 is 20.3 Å². The van der Waals surface area contributed by atoms with Crippen LogP contribution in [0.5, 0.6) is 5.75 Å². The summed E-state index contributed by atoms with van der Waals surface area (Å²) in [6.07, 6.45) is 0. The molecule has 0 unspecified atom stereocenters. The number of amides is 1. The van der Waals surface area contributed by atoms with Gasteiger partial charge in [-0.25, -0.2) is 4.98 Å². The van der Waals surface area contributed by atoms with Gasteiger partial charge in [0.2, 0.25) is 5.91 Å². The summed E-state index contributed by atoms with van der Waals surface area (Å²) >= 11 is 0. The zero-order valence-corrected chi connectivity index (χ0v) is 22.1. The summed E-state index contributed by atoms with van der Waals surface area (Å²) in [5.74, 6) is 0.912. The second-order valence-corrected chi connectivity index (χ2v) is 10.7. The van der Waals surface area contributed by atoms with Gasteiger partial charge >= 0.3 is 0 Å². The Bertz CT molecular complexity index is 1330. The van der Waals surface area contributed by atoms with E-state index in [4.69, 9.17) is 9.72 Å². The van der Waals surface area contributed by atoms with E-state index in [2.05, 4.69) is 29.4 Å². The van der Waals surface area contributed by atoms with Crippen molar-refractivity contribution in [2.24, 2.45) is 5.41 Å². The van der Waals surface area contributed by atoms with Gasteiger partial charge in [0, 0.05) is 43.5 Å². The third-order valence-corrected chi connectivity index (χ3v) is 6.50. The first-order chi connectivity index (χ1) is 17.1. The van der Waals surface area contributed by atoms with E-state index >= 15 is 0 Å². The summed E-state index contributed by atoms with van der Waals surface area (Å²) in [6.45, 7) is 13.7. The molecule has 1 aliphatic heterocycles. The summed E-state index contributed by atoms with van der Waals surface area (Å²) in [5.41, 5.74) is 3.16. The summed E-state index contributed by atoms with van der Waals surface area (Å²) in [4.78, 5) is 33.8. The van der Waals surface area contributed by atoms with Crippen LogP contribution < -0.4 is 25.8 Å². The lowest BCUT2D eigenvalue weighted by Crippen LogP contribution is -2.37. The fourth-order valence-corrected chi connectivity index (χ4v) is 4.76. The molecule has 192 valence electrons. The second kappa shape index (κ2) is 10.3. The van der Waals surface area contributed by atoms with Crippen LogP contribution in [0.2, 0.25) is 0 Å². The van der Waals surface area contributed by atoms with E-state index in [1.54, 1.807) is 7.11 Å². The quantitative estimate of drug-likeness (QED) is 0.550. The van der Waals surface area contributed by atoms with Crippen LogP contribution in [-0.2, 0) is 11.3 Å². The van der Waals surface area contributed by atoms with E-state index < -0.39 is 0 Å². The van der Waals surface area contributed by atoms with Gasteiger partial charge in [0.15, 0.2) is 0 Å². The Kier molecular flexibility index (Phi) is 7.36. The highest BCUT2D eigenvalue weighted by molar-refractivity contribution is 5.85. The average molecular weight is 492 g/mol. The number of aromatic nitrogens is 2. The van der Waals surface area contributed by atoms with E-state index in [1.807, 2.05) is 57.2 Å². The topological polar surface area (TPSA) is 88.5 Å². The number of carbonyl (C=O) groups excluding carboxylic acids is 1. The number of methoxy groups -OCH3 is 1. The van der Waals surface area contributed by atoms with Gasteiger partial charge in [0.05, 0.1) is 18.0 Å². The van der Waals surface area contributed by atoms with Crippen LogP contribution in [0.3, 0.4) is 0 Å². The molecular weight excluding hydrogens is 454 g/mol. The van der Waals surface area contributed by atoms with Crippen molar-refractivity contribution in [3.8, 4) is 17.1 Å². The van der Waals surface area contributed by atoms with Gasteiger partial charge in [-0.1, -0.05) is 26.0 Å². The number of fused-ring (bicyclic) bond motifs is 1. The van der Waals surface area contributed by atoms with Crippen molar-refractivity contribution >= 4 is 22.5 Å². The second-order valence-electron chi connectivity index (χ2n) is 10.7. The first kappa shape index (κ1) is 25.7. The molecule has 0 radical (unpaired) electrons. The molecule has 8 nitrogen and oxygen atoms in total. The van der Waals surface area contributed by atoms with Crippen molar-refractivity contribution < 1.29 is 9.53 Å². The molecule has 8 heteroatoms. The molecular formula is C28H37N5O3. The minimum Gasteiger partial charge on any atom is -0.496 e. The van der Waals surface area contributed by atoms with E-state index in [0.717, 1.165) is 43.0 Å². The third-order valence-electron chi connectivity index (χ3n) is 6.50. The smallest absolute Gasteiger partial charge is 0.262 e. The summed E-state index contributed by atoms with van der Waals surface area (Å²) in [7, 11) is 1.62. The normalized spacial score (nSPS) is 15.7. The van der Waals surface area contributed by atoms with Gasteiger partial charge in [-0.2, -0.15) is 0 Å². The number of carbonyl (C=O) groups is 1. The molecule has 0 saturated carbocycles. The number of nitrogens with zero attached hydrogens (tertiary/aromatic N) is 3. The first-order valence-corrected chi connectivity index (χ1v) is 12.5. The molecule has 36 heavy (non-hydrogen) atoms. The molecule has 0 atom stereocenters. The standard InChI is InChI=1S/C28H37N5O3/c1-18(2)30-25(34)15-33-26(20-8-7-19(3)24(13-20)36-6)31-23-10-9-21(14-22(23)27(33)35)32-12-11-29-16-28(4,5)17-32/h7-10,13-14,18,29H,11-12,15-17H2,1-6H3,(H,30,34). The molecule has 1 aliphatic rings. The van der Waals surface area contributed by atoms with Crippen LogP contribution in [0, 0.1) is 12.3 Å². The summed E-state index contributed by atoms with van der Waals surface area (Å²) < 4.78 is 6.98. The van der Waals surface area contributed by atoms with Crippen LogP contribution >= 0.6 is 0 Å². The lowest BCUT2D eigenvalue weighted by molar-refractivity contribution is -0.122.